The van der Waals surface area contributed by atoms with Gasteiger partial charge in [-0.15, -0.1) is 11.3 Å². The van der Waals surface area contributed by atoms with Gasteiger partial charge in [-0.2, -0.15) is 0 Å². The molecule has 23 heavy (non-hydrogen) atoms. The SMILES string of the molecule is CC(=O)c1ccc(C(=O)N2CCCC[C@H]2c2ccc(F)cc2)s1. The third kappa shape index (κ3) is 3.34. The molecule has 0 aliphatic carbocycles. The summed E-state index contributed by atoms with van der Waals surface area (Å²) < 4.78 is 13.1. The monoisotopic (exact) mass is 331 g/mol. The van der Waals surface area contributed by atoms with Gasteiger partial charge in [-0.25, -0.2) is 4.39 Å². The van der Waals surface area contributed by atoms with E-state index >= 15 is 0 Å². The summed E-state index contributed by atoms with van der Waals surface area (Å²) >= 11 is 1.24. The van der Waals surface area contributed by atoms with Crippen LogP contribution in [0.15, 0.2) is 36.4 Å². The molecule has 1 fully saturated rings. The second kappa shape index (κ2) is 6.62. The van der Waals surface area contributed by atoms with Crippen LogP contribution in [-0.2, 0) is 0 Å². The molecule has 0 N–H and O–H groups in total. The molecule has 1 amide bonds. The number of carbonyl (C=O) groups is 2. The summed E-state index contributed by atoms with van der Waals surface area (Å²) in [6.07, 6.45) is 2.89. The minimum Gasteiger partial charge on any atom is -0.331 e. The minimum atomic E-state index is -0.271. The Labute approximate surface area is 138 Å². The van der Waals surface area contributed by atoms with Gasteiger partial charge in [0.2, 0.25) is 0 Å². The number of amides is 1. The molecule has 0 unspecified atom stereocenters. The molecule has 1 atom stereocenters. The van der Waals surface area contributed by atoms with Crippen LogP contribution in [0.3, 0.4) is 0 Å². The maximum absolute atomic E-state index is 13.1. The van der Waals surface area contributed by atoms with Crippen LogP contribution in [0.25, 0.3) is 0 Å². The summed E-state index contributed by atoms with van der Waals surface area (Å²) in [5, 5.41) is 0. The number of carbonyl (C=O) groups excluding carboxylic acids is 2. The van der Waals surface area contributed by atoms with Gasteiger partial charge in [0.1, 0.15) is 5.82 Å². The molecule has 0 spiro atoms. The van der Waals surface area contributed by atoms with Gasteiger partial charge >= 0.3 is 0 Å². The predicted octanol–water partition coefficient (Wildman–Crippen LogP) is 4.46. The van der Waals surface area contributed by atoms with E-state index in [2.05, 4.69) is 0 Å². The van der Waals surface area contributed by atoms with Crippen LogP contribution >= 0.6 is 11.3 Å². The van der Waals surface area contributed by atoms with Crippen LogP contribution in [0, 0.1) is 5.82 Å². The summed E-state index contributed by atoms with van der Waals surface area (Å²) in [5.41, 5.74) is 0.961. The zero-order valence-electron chi connectivity index (χ0n) is 12.9. The molecule has 1 aromatic carbocycles. The van der Waals surface area contributed by atoms with Crippen molar-refractivity contribution in [2.75, 3.05) is 6.54 Å². The molecule has 2 heterocycles. The number of ketones is 1. The summed E-state index contributed by atoms with van der Waals surface area (Å²) in [6.45, 7) is 2.19. The average Bonchev–Trinajstić information content (AvgIpc) is 3.05. The van der Waals surface area contributed by atoms with Crippen LogP contribution in [0.5, 0.6) is 0 Å². The first kappa shape index (κ1) is 15.9. The number of nitrogens with zero attached hydrogens (tertiary/aromatic N) is 1. The van der Waals surface area contributed by atoms with Gasteiger partial charge in [0.25, 0.3) is 5.91 Å². The van der Waals surface area contributed by atoms with Gasteiger partial charge in [-0.3, -0.25) is 9.59 Å². The number of likely N-dealkylation sites (tertiary alicyclic amines) is 1. The molecule has 0 saturated carbocycles. The number of Topliss-reactive ketones (excluding diaryl/α,β-unsaturated/α-hetero) is 1. The average molecular weight is 331 g/mol. The second-order valence-electron chi connectivity index (χ2n) is 5.78. The fourth-order valence-electron chi connectivity index (χ4n) is 2.99. The third-order valence-electron chi connectivity index (χ3n) is 4.18. The lowest BCUT2D eigenvalue weighted by Gasteiger charge is -2.36. The molecule has 1 saturated heterocycles. The van der Waals surface area contributed by atoms with Crippen molar-refractivity contribution in [2.24, 2.45) is 0 Å². The van der Waals surface area contributed by atoms with Gasteiger partial charge in [0.05, 0.1) is 15.8 Å². The van der Waals surface area contributed by atoms with Crippen LogP contribution in [-0.4, -0.2) is 23.1 Å². The summed E-state index contributed by atoms with van der Waals surface area (Å²) in [6, 6.07) is 9.77. The maximum Gasteiger partial charge on any atom is 0.264 e. The van der Waals surface area contributed by atoms with Gasteiger partial charge in [-0.1, -0.05) is 12.1 Å². The lowest BCUT2D eigenvalue weighted by molar-refractivity contribution is 0.0616. The van der Waals surface area contributed by atoms with E-state index in [1.807, 2.05) is 4.90 Å². The standard InChI is InChI=1S/C18H18FNO2S/c1-12(21)16-9-10-17(23-16)18(22)20-11-3-2-4-15(20)13-5-7-14(19)8-6-13/h5-10,15H,2-4,11H2,1H3/t15-/m0/s1. The van der Waals surface area contributed by atoms with Crippen molar-refractivity contribution in [1.29, 1.82) is 0 Å². The molecule has 5 heteroatoms. The number of rotatable bonds is 3. The molecule has 2 aromatic rings. The molecule has 1 aliphatic heterocycles. The van der Waals surface area contributed by atoms with E-state index in [9.17, 15) is 14.0 Å². The highest BCUT2D eigenvalue weighted by Gasteiger charge is 2.29. The normalized spacial score (nSPS) is 18.0. The Morgan fingerprint density at radius 3 is 2.43 bits per heavy atom. The van der Waals surface area contributed by atoms with Crippen molar-refractivity contribution in [2.45, 2.75) is 32.2 Å². The smallest absolute Gasteiger partial charge is 0.264 e. The van der Waals surface area contributed by atoms with Crippen molar-refractivity contribution in [3.05, 3.63) is 57.5 Å². The molecule has 1 aromatic heterocycles. The maximum atomic E-state index is 13.1. The fraction of sp³-hybridized carbons (Fsp3) is 0.333. The Bertz CT molecular complexity index is 723. The number of halogens is 1. The Kier molecular flexibility index (Phi) is 4.57. The summed E-state index contributed by atoms with van der Waals surface area (Å²) in [7, 11) is 0. The Morgan fingerprint density at radius 2 is 1.78 bits per heavy atom. The van der Waals surface area contributed by atoms with Crippen LogP contribution < -0.4 is 0 Å². The van der Waals surface area contributed by atoms with Gasteiger partial charge in [-0.05, 0) is 56.0 Å². The van der Waals surface area contributed by atoms with Crippen LogP contribution in [0.1, 0.15) is 57.1 Å². The zero-order chi connectivity index (χ0) is 16.4. The molecule has 0 bridgehead atoms. The highest BCUT2D eigenvalue weighted by Crippen LogP contribution is 2.33. The van der Waals surface area contributed by atoms with Crippen molar-refractivity contribution in [3.63, 3.8) is 0 Å². The Hall–Kier alpha value is -2.01. The lowest BCUT2D eigenvalue weighted by atomic mass is 9.95. The third-order valence-corrected chi connectivity index (χ3v) is 5.36. The first-order valence-corrected chi connectivity index (χ1v) is 8.55. The van der Waals surface area contributed by atoms with E-state index in [4.69, 9.17) is 0 Å². The van der Waals surface area contributed by atoms with E-state index in [0.717, 1.165) is 24.8 Å². The highest BCUT2D eigenvalue weighted by molar-refractivity contribution is 7.15. The van der Waals surface area contributed by atoms with Crippen molar-refractivity contribution in [1.82, 2.24) is 4.90 Å². The topological polar surface area (TPSA) is 37.4 Å². The lowest BCUT2D eigenvalue weighted by Crippen LogP contribution is -2.38. The number of hydrogen-bond acceptors (Lipinski definition) is 3. The molecule has 3 nitrogen and oxygen atoms in total. The van der Waals surface area contributed by atoms with Crippen molar-refractivity contribution < 1.29 is 14.0 Å². The van der Waals surface area contributed by atoms with Crippen LogP contribution in [0.4, 0.5) is 4.39 Å². The first-order valence-electron chi connectivity index (χ1n) is 7.73. The van der Waals surface area contributed by atoms with Gasteiger partial charge in [0, 0.05) is 6.54 Å². The second-order valence-corrected chi connectivity index (χ2v) is 6.87. The Morgan fingerprint density at radius 1 is 1.09 bits per heavy atom. The molecule has 1 aliphatic rings. The number of piperidine rings is 1. The summed E-state index contributed by atoms with van der Waals surface area (Å²) in [5.74, 6) is -0.342. The minimum absolute atomic E-state index is 0.0252. The van der Waals surface area contributed by atoms with Crippen LogP contribution in [0.2, 0.25) is 0 Å². The number of benzene rings is 1. The van der Waals surface area contributed by atoms with E-state index in [1.54, 1.807) is 24.3 Å². The van der Waals surface area contributed by atoms with E-state index in [0.29, 0.717) is 16.3 Å². The number of hydrogen-bond donors (Lipinski definition) is 0. The largest absolute Gasteiger partial charge is 0.331 e. The van der Waals surface area contributed by atoms with E-state index in [1.165, 1.54) is 30.4 Å². The quantitative estimate of drug-likeness (QED) is 0.779. The zero-order valence-corrected chi connectivity index (χ0v) is 13.7. The fourth-order valence-corrected chi connectivity index (χ4v) is 3.85. The van der Waals surface area contributed by atoms with Crippen molar-refractivity contribution in [3.8, 4) is 0 Å². The van der Waals surface area contributed by atoms with Gasteiger partial charge in [0.15, 0.2) is 5.78 Å². The molecule has 3 rings (SSSR count). The summed E-state index contributed by atoms with van der Waals surface area (Å²) in [4.78, 5) is 27.3. The molecule has 120 valence electrons. The van der Waals surface area contributed by atoms with E-state index < -0.39 is 0 Å². The predicted molar refractivity (Wildman–Crippen MR) is 88.4 cm³/mol. The molecular formula is C18H18FNO2S. The Balaban J connectivity index is 1.86. The molecule has 0 radical (unpaired) electrons. The van der Waals surface area contributed by atoms with Gasteiger partial charge < -0.3 is 4.90 Å². The van der Waals surface area contributed by atoms with Crippen molar-refractivity contribution >= 4 is 23.0 Å². The highest BCUT2D eigenvalue weighted by atomic mass is 32.1. The first-order chi connectivity index (χ1) is 11.1. The van der Waals surface area contributed by atoms with E-state index in [-0.39, 0.29) is 23.5 Å². The molecular weight excluding hydrogens is 313 g/mol. The number of thiophene rings is 1.